The summed E-state index contributed by atoms with van der Waals surface area (Å²) in [6.45, 7) is -0.776. The van der Waals surface area contributed by atoms with E-state index in [1.54, 1.807) is 0 Å². The molecule has 0 fully saturated rings. The molecular weight excluding hydrogens is 436 g/mol. The molecule has 0 spiro atoms. The van der Waals surface area contributed by atoms with Crippen molar-refractivity contribution in [3.05, 3.63) is 58.6 Å². The van der Waals surface area contributed by atoms with Crippen molar-refractivity contribution >= 4 is 21.6 Å². The van der Waals surface area contributed by atoms with Gasteiger partial charge >= 0.3 is 12.4 Å². The summed E-state index contributed by atoms with van der Waals surface area (Å²) in [6.07, 6.45) is -9.33. The molecule has 2 aromatic carbocycles. The van der Waals surface area contributed by atoms with E-state index >= 15 is 0 Å². The molecule has 0 aliphatic carbocycles. The molecule has 0 radical (unpaired) electrons. The van der Waals surface area contributed by atoms with Crippen molar-refractivity contribution in [1.29, 1.82) is 0 Å². The van der Waals surface area contributed by atoms with E-state index < -0.39 is 50.0 Å². The molecular formula is C16H12ClF6NO3S. The van der Waals surface area contributed by atoms with Crippen LogP contribution in [0.2, 0.25) is 5.02 Å². The molecule has 28 heavy (non-hydrogen) atoms. The molecule has 0 unspecified atom stereocenters. The van der Waals surface area contributed by atoms with Crippen LogP contribution in [-0.2, 0) is 22.4 Å². The maximum atomic E-state index is 12.7. The van der Waals surface area contributed by atoms with E-state index in [4.69, 9.17) is 16.3 Å². The zero-order valence-electron chi connectivity index (χ0n) is 13.7. The average molecular weight is 448 g/mol. The average Bonchev–Trinajstić information content (AvgIpc) is 2.57. The number of benzene rings is 2. The minimum Gasteiger partial charge on any atom is -0.492 e. The Labute approximate surface area is 161 Å². The summed E-state index contributed by atoms with van der Waals surface area (Å²) in [5, 5.41) is -0.417. The van der Waals surface area contributed by atoms with Crippen LogP contribution in [-0.4, -0.2) is 21.6 Å². The number of alkyl halides is 6. The van der Waals surface area contributed by atoms with Crippen LogP contribution in [0, 0.1) is 0 Å². The monoisotopic (exact) mass is 447 g/mol. The first-order valence-corrected chi connectivity index (χ1v) is 9.33. The van der Waals surface area contributed by atoms with Crippen LogP contribution in [0.3, 0.4) is 0 Å². The first-order chi connectivity index (χ1) is 12.8. The molecule has 0 saturated carbocycles. The molecule has 2 rings (SSSR count). The highest BCUT2D eigenvalue weighted by molar-refractivity contribution is 7.89. The predicted octanol–water partition coefficient (Wildman–Crippen LogP) is 4.73. The highest BCUT2D eigenvalue weighted by Gasteiger charge is 2.33. The highest BCUT2D eigenvalue weighted by atomic mass is 35.5. The van der Waals surface area contributed by atoms with Crippen molar-refractivity contribution in [2.75, 3.05) is 13.2 Å². The Bertz CT molecular complexity index is 944. The zero-order valence-corrected chi connectivity index (χ0v) is 15.3. The van der Waals surface area contributed by atoms with E-state index in [0.717, 1.165) is 24.3 Å². The second kappa shape index (κ2) is 8.18. The van der Waals surface area contributed by atoms with Gasteiger partial charge in [0, 0.05) is 6.54 Å². The summed E-state index contributed by atoms with van der Waals surface area (Å²) >= 11 is 5.68. The van der Waals surface area contributed by atoms with Gasteiger partial charge in [-0.2, -0.15) is 26.3 Å². The van der Waals surface area contributed by atoms with E-state index in [0.29, 0.717) is 12.1 Å². The lowest BCUT2D eigenvalue weighted by atomic mass is 10.2. The van der Waals surface area contributed by atoms with E-state index in [1.165, 1.54) is 6.07 Å². The third-order valence-electron chi connectivity index (χ3n) is 3.37. The molecule has 0 aliphatic heterocycles. The Balaban J connectivity index is 2.03. The van der Waals surface area contributed by atoms with E-state index in [1.807, 2.05) is 4.72 Å². The van der Waals surface area contributed by atoms with Crippen LogP contribution in [0.1, 0.15) is 11.1 Å². The Kier molecular flexibility index (Phi) is 6.51. The van der Waals surface area contributed by atoms with Gasteiger partial charge in [-0.1, -0.05) is 17.7 Å². The van der Waals surface area contributed by atoms with Gasteiger partial charge < -0.3 is 4.74 Å². The molecule has 1 N–H and O–H groups in total. The Morgan fingerprint density at radius 1 is 0.929 bits per heavy atom. The minimum absolute atomic E-state index is 0.147. The summed E-state index contributed by atoms with van der Waals surface area (Å²) in [6, 6.07) is 5.76. The fourth-order valence-corrected chi connectivity index (χ4v) is 3.61. The topological polar surface area (TPSA) is 55.4 Å². The van der Waals surface area contributed by atoms with Gasteiger partial charge in [0.25, 0.3) is 0 Å². The van der Waals surface area contributed by atoms with Crippen LogP contribution >= 0.6 is 11.6 Å². The van der Waals surface area contributed by atoms with Gasteiger partial charge in [0.2, 0.25) is 10.0 Å². The summed E-state index contributed by atoms with van der Waals surface area (Å²) in [7, 11) is -4.40. The molecule has 0 aromatic heterocycles. The number of halogens is 7. The van der Waals surface area contributed by atoms with E-state index in [9.17, 15) is 34.8 Å². The van der Waals surface area contributed by atoms with Gasteiger partial charge in [0.15, 0.2) is 0 Å². The Morgan fingerprint density at radius 2 is 1.54 bits per heavy atom. The number of hydrogen-bond acceptors (Lipinski definition) is 3. The summed E-state index contributed by atoms with van der Waals surface area (Å²) < 4.78 is 107. The van der Waals surface area contributed by atoms with Gasteiger partial charge in [-0.3, -0.25) is 0 Å². The molecule has 0 bridgehead atoms. The maximum absolute atomic E-state index is 12.7. The predicted molar refractivity (Wildman–Crippen MR) is 88.6 cm³/mol. The van der Waals surface area contributed by atoms with Crippen molar-refractivity contribution in [3.8, 4) is 5.75 Å². The maximum Gasteiger partial charge on any atom is 0.416 e. The largest absolute Gasteiger partial charge is 0.492 e. The fraction of sp³-hybridized carbons (Fsp3) is 0.250. The van der Waals surface area contributed by atoms with Crippen molar-refractivity contribution in [3.63, 3.8) is 0 Å². The lowest BCUT2D eigenvalue weighted by molar-refractivity contribution is -0.138. The molecule has 0 atom stereocenters. The molecule has 0 aliphatic rings. The van der Waals surface area contributed by atoms with Crippen LogP contribution in [0.4, 0.5) is 26.3 Å². The number of nitrogens with one attached hydrogen (secondary N) is 1. The fourth-order valence-electron chi connectivity index (χ4n) is 2.07. The van der Waals surface area contributed by atoms with Crippen LogP contribution < -0.4 is 9.46 Å². The molecule has 4 nitrogen and oxygen atoms in total. The normalized spacial score (nSPS) is 12.8. The van der Waals surface area contributed by atoms with Gasteiger partial charge in [-0.15, -0.1) is 0 Å². The van der Waals surface area contributed by atoms with Crippen LogP contribution in [0.5, 0.6) is 5.75 Å². The van der Waals surface area contributed by atoms with Gasteiger partial charge in [0.05, 0.1) is 16.1 Å². The molecule has 2 aromatic rings. The van der Waals surface area contributed by atoms with Gasteiger partial charge in [0.1, 0.15) is 17.3 Å². The molecule has 0 heterocycles. The number of rotatable bonds is 6. The summed E-state index contributed by atoms with van der Waals surface area (Å²) in [5.74, 6) is -0.147. The molecule has 154 valence electrons. The summed E-state index contributed by atoms with van der Waals surface area (Å²) in [4.78, 5) is -0.775. The highest BCUT2D eigenvalue weighted by Crippen LogP contribution is 2.33. The lowest BCUT2D eigenvalue weighted by Crippen LogP contribution is -2.28. The van der Waals surface area contributed by atoms with Crippen LogP contribution in [0.25, 0.3) is 0 Å². The van der Waals surface area contributed by atoms with Crippen molar-refractivity contribution in [1.82, 2.24) is 4.72 Å². The molecule has 0 amide bonds. The van der Waals surface area contributed by atoms with Gasteiger partial charge in [-0.05, 0) is 36.4 Å². The summed E-state index contributed by atoms with van der Waals surface area (Å²) in [5.41, 5.74) is -2.14. The van der Waals surface area contributed by atoms with Crippen molar-refractivity contribution in [2.45, 2.75) is 17.2 Å². The molecule has 12 heteroatoms. The second-order valence-corrected chi connectivity index (χ2v) is 7.56. The van der Waals surface area contributed by atoms with E-state index in [2.05, 4.69) is 0 Å². The Hall–Kier alpha value is -1.98. The van der Waals surface area contributed by atoms with Crippen molar-refractivity contribution in [2.24, 2.45) is 0 Å². The standard InChI is InChI=1S/C16H12ClF6NO3S/c17-13-5-4-11(16(21,22)23)9-14(13)28(25,26)24-6-7-27-12-3-1-2-10(8-12)15(18,19)20/h1-5,8-9,24H,6-7H2. The molecule has 0 saturated heterocycles. The lowest BCUT2D eigenvalue weighted by Gasteiger charge is -2.13. The first kappa shape index (κ1) is 22.3. The first-order valence-electron chi connectivity index (χ1n) is 7.47. The zero-order chi connectivity index (χ0) is 21.2. The minimum atomic E-state index is -4.76. The number of sulfonamides is 1. The SMILES string of the molecule is O=S(=O)(NCCOc1cccc(C(F)(F)F)c1)c1cc(C(F)(F)F)ccc1Cl. The third kappa shape index (κ3) is 5.76. The smallest absolute Gasteiger partial charge is 0.416 e. The van der Waals surface area contributed by atoms with Crippen LogP contribution in [0.15, 0.2) is 47.4 Å². The van der Waals surface area contributed by atoms with E-state index in [-0.39, 0.29) is 12.4 Å². The number of ether oxygens (including phenoxy) is 1. The third-order valence-corrected chi connectivity index (χ3v) is 5.31. The quantitative estimate of drug-likeness (QED) is 0.514. The van der Waals surface area contributed by atoms with Gasteiger partial charge in [-0.25, -0.2) is 13.1 Å². The number of hydrogen-bond donors (Lipinski definition) is 1. The van der Waals surface area contributed by atoms with Crippen molar-refractivity contribution < 1.29 is 39.5 Å². The Morgan fingerprint density at radius 3 is 2.14 bits per heavy atom. The second-order valence-electron chi connectivity index (χ2n) is 5.41.